The fraction of sp³-hybridized carbons (Fsp3) is 0.594. The standard InChI is InChI=1S/C32H47N7O6/c1-4-6-17-45-31-35-29(33)28-30(36-31)39(32(43)34-28)25-9-7-8-24(19-25)37(15-16-40)21-26(41)38(14-5-2)20-23-12-10-22(11-13-23)18-27(42)44-3/h10-13,24-25,40H,4-9,14-21H2,1-3H3,(H,34,43)(H2,33,35,36). The van der Waals surface area contributed by atoms with Crippen LogP contribution in [0.3, 0.4) is 0 Å². The number of aromatic nitrogens is 4. The topological polar surface area (TPSA) is 169 Å². The van der Waals surface area contributed by atoms with E-state index in [0.717, 1.165) is 49.7 Å². The van der Waals surface area contributed by atoms with E-state index in [2.05, 4.69) is 21.9 Å². The zero-order valence-corrected chi connectivity index (χ0v) is 26.7. The van der Waals surface area contributed by atoms with E-state index in [1.165, 1.54) is 7.11 Å². The molecule has 0 radical (unpaired) electrons. The second-order valence-electron chi connectivity index (χ2n) is 11.6. The lowest BCUT2D eigenvalue weighted by Crippen LogP contribution is -2.47. The molecule has 3 aromatic rings. The molecule has 1 saturated carbocycles. The van der Waals surface area contributed by atoms with Crippen molar-refractivity contribution < 1.29 is 24.2 Å². The first kappa shape index (κ1) is 33.9. The number of benzene rings is 1. The normalized spacial score (nSPS) is 16.6. The molecule has 45 heavy (non-hydrogen) atoms. The highest BCUT2D eigenvalue weighted by Crippen LogP contribution is 2.33. The first-order valence-corrected chi connectivity index (χ1v) is 16.0. The van der Waals surface area contributed by atoms with Gasteiger partial charge in [-0.3, -0.25) is 19.1 Å². The van der Waals surface area contributed by atoms with Gasteiger partial charge in [-0.1, -0.05) is 44.5 Å². The van der Waals surface area contributed by atoms with Gasteiger partial charge in [0.1, 0.15) is 5.52 Å². The van der Waals surface area contributed by atoms with Crippen molar-refractivity contribution in [3.63, 3.8) is 0 Å². The van der Waals surface area contributed by atoms with Gasteiger partial charge in [0.2, 0.25) is 5.91 Å². The summed E-state index contributed by atoms with van der Waals surface area (Å²) in [6, 6.07) is 7.59. The van der Waals surface area contributed by atoms with Gasteiger partial charge in [0, 0.05) is 31.7 Å². The second-order valence-corrected chi connectivity index (χ2v) is 11.6. The number of hydrogen-bond acceptors (Lipinski definition) is 10. The molecule has 1 amide bonds. The van der Waals surface area contributed by atoms with Crippen LogP contribution in [0.2, 0.25) is 0 Å². The quantitative estimate of drug-likeness (QED) is 0.159. The van der Waals surface area contributed by atoms with Crippen LogP contribution in [0.25, 0.3) is 11.2 Å². The zero-order chi connectivity index (χ0) is 32.3. The number of fused-ring (bicyclic) bond motifs is 1. The van der Waals surface area contributed by atoms with E-state index in [-0.39, 0.29) is 61.1 Å². The van der Waals surface area contributed by atoms with Gasteiger partial charge < -0.3 is 30.2 Å². The van der Waals surface area contributed by atoms with Gasteiger partial charge in [0.25, 0.3) is 0 Å². The number of nitrogens with zero attached hydrogens (tertiary/aromatic N) is 5. The maximum absolute atomic E-state index is 13.7. The van der Waals surface area contributed by atoms with Crippen LogP contribution in [0.4, 0.5) is 5.82 Å². The number of nitrogens with one attached hydrogen (secondary N) is 1. The summed E-state index contributed by atoms with van der Waals surface area (Å²) in [6.45, 7) is 6.02. The van der Waals surface area contributed by atoms with E-state index in [9.17, 15) is 19.5 Å². The number of ether oxygens (including phenoxy) is 2. The Morgan fingerprint density at radius 3 is 2.56 bits per heavy atom. The van der Waals surface area contributed by atoms with Gasteiger partial charge in [-0.05, 0) is 49.7 Å². The monoisotopic (exact) mass is 625 g/mol. The molecule has 0 saturated heterocycles. The molecule has 2 aromatic heterocycles. The highest BCUT2D eigenvalue weighted by molar-refractivity contribution is 5.82. The lowest BCUT2D eigenvalue weighted by atomic mass is 9.89. The van der Waals surface area contributed by atoms with Crippen LogP contribution < -0.4 is 16.2 Å². The summed E-state index contributed by atoms with van der Waals surface area (Å²) in [5, 5.41) is 9.94. The molecule has 4 rings (SSSR count). The van der Waals surface area contributed by atoms with Crippen molar-refractivity contribution in [2.75, 3.05) is 45.7 Å². The Morgan fingerprint density at radius 1 is 1.11 bits per heavy atom. The van der Waals surface area contributed by atoms with Crippen molar-refractivity contribution in [1.29, 1.82) is 0 Å². The third-order valence-electron chi connectivity index (χ3n) is 8.35. The molecular weight excluding hydrogens is 578 g/mol. The molecule has 4 N–H and O–H groups in total. The van der Waals surface area contributed by atoms with Crippen LogP contribution in [0, 0.1) is 0 Å². The number of carbonyl (C=O) groups is 2. The lowest BCUT2D eigenvalue weighted by Gasteiger charge is -2.38. The molecule has 0 bridgehead atoms. The van der Waals surface area contributed by atoms with E-state index >= 15 is 0 Å². The van der Waals surface area contributed by atoms with Gasteiger partial charge in [-0.15, -0.1) is 0 Å². The molecule has 1 aliphatic rings. The third-order valence-corrected chi connectivity index (χ3v) is 8.35. The fourth-order valence-corrected chi connectivity index (χ4v) is 6.00. The van der Waals surface area contributed by atoms with Crippen molar-refractivity contribution >= 4 is 28.9 Å². The van der Waals surface area contributed by atoms with Gasteiger partial charge in [0.05, 0.1) is 33.3 Å². The number of carbonyl (C=O) groups excluding carboxylic acids is 2. The third kappa shape index (κ3) is 8.82. The predicted molar refractivity (Wildman–Crippen MR) is 171 cm³/mol. The molecule has 0 aliphatic heterocycles. The molecule has 13 nitrogen and oxygen atoms in total. The molecule has 246 valence electrons. The first-order chi connectivity index (χ1) is 21.8. The zero-order valence-electron chi connectivity index (χ0n) is 26.7. The van der Waals surface area contributed by atoms with E-state index < -0.39 is 0 Å². The highest BCUT2D eigenvalue weighted by Gasteiger charge is 2.32. The SMILES string of the molecule is CCCCOc1nc(N)c2[nH]c(=O)n(C3CCCC(N(CCO)CC(=O)N(CCC)Cc4ccc(CC(=O)OC)cc4)C3)c2n1. The average molecular weight is 626 g/mol. The van der Waals surface area contributed by atoms with Crippen molar-refractivity contribution in [2.45, 2.75) is 83.8 Å². The largest absolute Gasteiger partial charge is 0.469 e. The smallest absolute Gasteiger partial charge is 0.328 e. The van der Waals surface area contributed by atoms with Crippen LogP contribution >= 0.6 is 0 Å². The van der Waals surface area contributed by atoms with E-state index in [1.54, 1.807) is 4.57 Å². The summed E-state index contributed by atoms with van der Waals surface area (Å²) in [7, 11) is 1.37. The van der Waals surface area contributed by atoms with Gasteiger partial charge >= 0.3 is 17.7 Å². The summed E-state index contributed by atoms with van der Waals surface area (Å²) in [4.78, 5) is 53.9. The lowest BCUT2D eigenvalue weighted by molar-refractivity contribution is -0.139. The number of imidazole rings is 1. The van der Waals surface area contributed by atoms with Gasteiger partial charge in [0.15, 0.2) is 11.5 Å². The maximum Gasteiger partial charge on any atom is 0.328 e. The Hall–Kier alpha value is -3.97. The first-order valence-electron chi connectivity index (χ1n) is 16.0. The number of rotatable bonds is 16. The summed E-state index contributed by atoms with van der Waals surface area (Å²) in [6.07, 6.45) is 5.90. The Kier molecular flexibility index (Phi) is 12.3. The van der Waals surface area contributed by atoms with Crippen molar-refractivity contribution in [2.24, 2.45) is 0 Å². The predicted octanol–water partition coefficient (Wildman–Crippen LogP) is 2.81. The van der Waals surface area contributed by atoms with Crippen LogP contribution in [0.15, 0.2) is 29.1 Å². The number of aromatic amines is 1. The maximum atomic E-state index is 13.7. The number of aliphatic hydroxyl groups excluding tert-OH is 1. The Balaban J connectivity index is 1.48. The minimum Gasteiger partial charge on any atom is -0.469 e. The van der Waals surface area contributed by atoms with Crippen LogP contribution in [-0.2, 0) is 27.3 Å². The summed E-state index contributed by atoms with van der Waals surface area (Å²) >= 11 is 0. The highest BCUT2D eigenvalue weighted by atomic mass is 16.5. The minimum atomic E-state index is -0.307. The molecule has 1 fully saturated rings. The minimum absolute atomic E-state index is 0.0164. The molecule has 1 aliphatic carbocycles. The number of unbranched alkanes of at least 4 members (excludes halogenated alkanes) is 1. The number of nitrogen functional groups attached to an aromatic ring is 1. The second kappa shape index (κ2) is 16.4. The number of esters is 1. The molecule has 13 heteroatoms. The van der Waals surface area contributed by atoms with E-state index in [0.29, 0.717) is 43.8 Å². The van der Waals surface area contributed by atoms with Crippen molar-refractivity contribution in [3.8, 4) is 6.01 Å². The number of H-pyrrole nitrogens is 1. The number of nitrogens with two attached hydrogens (primary N) is 1. The Labute approximate surface area is 263 Å². The van der Waals surface area contributed by atoms with Gasteiger partial charge in [-0.25, -0.2) is 4.79 Å². The molecule has 2 heterocycles. The summed E-state index contributed by atoms with van der Waals surface area (Å²) in [5.74, 6) is -0.159. The Morgan fingerprint density at radius 2 is 1.87 bits per heavy atom. The number of aliphatic hydroxyl groups is 1. The molecule has 2 atom stereocenters. The summed E-state index contributed by atoms with van der Waals surface area (Å²) in [5.41, 5.74) is 8.49. The average Bonchev–Trinajstić information content (AvgIpc) is 3.37. The van der Waals surface area contributed by atoms with Crippen LogP contribution in [0.1, 0.15) is 76.0 Å². The number of anilines is 1. The van der Waals surface area contributed by atoms with E-state index in [4.69, 9.17) is 15.2 Å². The number of methoxy groups -OCH3 is 1. The molecule has 2 unspecified atom stereocenters. The number of hydrogen-bond donors (Lipinski definition) is 3. The van der Waals surface area contributed by atoms with E-state index in [1.807, 2.05) is 41.0 Å². The fourth-order valence-electron chi connectivity index (χ4n) is 6.00. The molecule has 1 aromatic carbocycles. The Bertz CT molecular complexity index is 1470. The summed E-state index contributed by atoms with van der Waals surface area (Å²) < 4.78 is 12.1. The van der Waals surface area contributed by atoms with Crippen molar-refractivity contribution in [1.82, 2.24) is 29.3 Å². The van der Waals surface area contributed by atoms with Crippen LogP contribution in [-0.4, -0.2) is 92.3 Å². The van der Waals surface area contributed by atoms with Gasteiger partial charge in [-0.2, -0.15) is 9.97 Å². The number of amides is 1. The molecular formula is C32H47N7O6. The van der Waals surface area contributed by atoms with Crippen molar-refractivity contribution in [3.05, 3.63) is 45.9 Å². The van der Waals surface area contributed by atoms with Crippen LogP contribution in [0.5, 0.6) is 6.01 Å². The molecule has 0 spiro atoms.